The van der Waals surface area contributed by atoms with E-state index in [4.69, 9.17) is 4.74 Å². The fourth-order valence-electron chi connectivity index (χ4n) is 4.36. The number of nitrogens with zero attached hydrogens (tertiary/aromatic N) is 1. The van der Waals surface area contributed by atoms with Crippen molar-refractivity contribution >= 4 is 11.4 Å². The number of nitrogens with one attached hydrogen (secondary N) is 1. The molecule has 2 fully saturated rings. The summed E-state index contributed by atoms with van der Waals surface area (Å²) in [7, 11) is 0. The fraction of sp³-hybridized carbons (Fsp3) is 0.667. The van der Waals surface area contributed by atoms with Gasteiger partial charge in [0.2, 0.25) is 0 Å². The van der Waals surface area contributed by atoms with Crippen LogP contribution in [0.1, 0.15) is 44.9 Å². The SMILES string of the molecule is c1ccc2c(c1)NCCCN2CC1CCC2(CCCC2)O1. The highest BCUT2D eigenvalue weighted by molar-refractivity contribution is 5.70. The molecule has 1 atom stereocenters. The van der Waals surface area contributed by atoms with Gasteiger partial charge in [-0.3, -0.25) is 0 Å². The average Bonchev–Trinajstić information content (AvgIpc) is 3.08. The molecule has 1 aromatic rings. The summed E-state index contributed by atoms with van der Waals surface area (Å²) in [6, 6.07) is 8.71. The molecule has 2 heterocycles. The van der Waals surface area contributed by atoms with Gasteiger partial charge in [0.25, 0.3) is 0 Å². The van der Waals surface area contributed by atoms with Gasteiger partial charge in [0.1, 0.15) is 0 Å². The Hall–Kier alpha value is -1.22. The summed E-state index contributed by atoms with van der Waals surface area (Å²) in [5, 5.41) is 3.55. The molecule has 0 amide bonds. The van der Waals surface area contributed by atoms with Gasteiger partial charge in [0.15, 0.2) is 0 Å². The van der Waals surface area contributed by atoms with Gasteiger partial charge in [-0.25, -0.2) is 0 Å². The molecule has 1 unspecified atom stereocenters. The summed E-state index contributed by atoms with van der Waals surface area (Å²) in [4.78, 5) is 2.54. The minimum Gasteiger partial charge on any atom is -0.383 e. The molecule has 2 aliphatic heterocycles. The highest BCUT2D eigenvalue weighted by atomic mass is 16.5. The van der Waals surface area contributed by atoms with E-state index in [1.165, 1.54) is 56.3 Å². The van der Waals surface area contributed by atoms with Crippen LogP contribution in [0.4, 0.5) is 11.4 Å². The summed E-state index contributed by atoms with van der Waals surface area (Å²) in [6.45, 7) is 3.26. The van der Waals surface area contributed by atoms with Gasteiger partial charge in [-0.1, -0.05) is 25.0 Å². The first-order valence-corrected chi connectivity index (χ1v) is 8.60. The van der Waals surface area contributed by atoms with Crippen LogP contribution in [0.2, 0.25) is 0 Å². The van der Waals surface area contributed by atoms with Crippen molar-refractivity contribution in [3.8, 4) is 0 Å². The maximum Gasteiger partial charge on any atom is 0.0758 e. The van der Waals surface area contributed by atoms with Crippen molar-refractivity contribution in [2.45, 2.75) is 56.7 Å². The van der Waals surface area contributed by atoms with Gasteiger partial charge in [0.05, 0.1) is 23.1 Å². The maximum atomic E-state index is 6.51. The largest absolute Gasteiger partial charge is 0.383 e. The quantitative estimate of drug-likeness (QED) is 0.895. The van der Waals surface area contributed by atoms with Gasteiger partial charge >= 0.3 is 0 Å². The maximum absolute atomic E-state index is 6.51. The molecule has 0 radical (unpaired) electrons. The molecule has 1 aliphatic carbocycles. The van der Waals surface area contributed by atoms with E-state index < -0.39 is 0 Å². The molecular formula is C18H26N2O. The van der Waals surface area contributed by atoms with E-state index in [2.05, 4.69) is 34.5 Å². The van der Waals surface area contributed by atoms with Crippen LogP contribution in [0.5, 0.6) is 0 Å². The summed E-state index contributed by atoms with van der Waals surface area (Å²) < 4.78 is 6.51. The Kier molecular flexibility index (Phi) is 3.54. The molecule has 114 valence electrons. The average molecular weight is 286 g/mol. The van der Waals surface area contributed by atoms with E-state index in [0.717, 1.165) is 19.6 Å². The molecule has 0 bridgehead atoms. The molecule has 1 saturated heterocycles. The lowest BCUT2D eigenvalue weighted by Crippen LogP contribution is -2.35. The van der Waals surface area contributed by atoms with Crippen LogP contribution in [0.25, 0.3) is 0 Å². The fourth-order valence-corrected chi connectivity index (χ4v) is 4.36. The summed E-state index contributed by atoms with van der Waals surface area (Å²) in [5.41, 5.74) is 2.89. The number of benzene rings is 1. The van der Waals surface area contributed by atoms with Gasteiger partial charge in [0, 0.05) is 19.6 Å². The number of rotatable bonds is 2. The van der Waals surface area contributed by atoms with Crippen LogP contribution < -0.4 is 10.2 Å². The van der Waals surface area contributed by atoms with Crippen LogP contribution in [0.15, 0.2) is 24.3 Å². The minimum absolute atomic E-state index is 0.258. The minimum atomic E-state index is 0.258. The number of fused-ring (bicyclic) bond motifs is 1. The third kappa shape index (κ3) is 2.64. The Morgan fingerprint density at radius 1 is 1.14 bits per heavy atom. The van der Waals surface area contributed by atoms with Crippen molar-refractivity contribution in [3.05, 3.63) is 24.3 Å². The van der Waals surface area contributed by atoms with Crippen LogP contribution in [0.3, 0.4) is 0 Å². The zero-order valence-electron chi connectivity index (χ0n) is 12.8. The van der Waals surface area contributed by atoms with E-state index >= 15 is 0 Å². The highest BCUT2D eigenvalue weighted by Crippen LogP contribution is 2.43. The summed E-state index contributed by atoms with van der Waals surface area (Å²) >= 11 is 0. The molecule has 1 saturated carbocycles. The van der Waals surface area contributed by atoms with Crippen molar-refractivity contribution in [3.63, 3.8) is 0 Å². The van der Waals surface area contributed by atoms with E-state index in [-0.39, 0.29) is 5.60 Å². The zero-order chi connectivity index (χ0) is 14.1. The molecule has 3 nitrogen and oxygen atoms in total. The molecule has 0 aromatic heterocycles. The van der Waals surface area contributed by atoms with Gasteiger partial charge in [-0.15, -0.1) is 0 Å². The molecular weight excluding hydrogens is 260 g/mol. The number of para-hydroxylation sites is 2. The van der Waals surface area contributed by atoms with Crippen molar-refractivity contribution in [1.82, 2.24) is 0 Å². The smallest absolute Gasteiger partial charge is 0.0758 e. The third-order valence-corrected chi connectivity index (χ3v) is 5.44. The lowest BCUT2D eigenvalue weighted by atomic mass is 9.98. The molecule has 4 rings (SSSR count). The second-order valence-corrected chi connectivity index (χ2v) is 6.91. The van der Waals surface area contributed by atoms with Gasteiger partial charge < -0.3 is 15.0 Å². The molecule has 3 heteroatoms. The topological polar surface area (TPSA) is 24.5 Å². The lowest BCUT2D eigenvalue weighted by molar-refractivity contribution is -0.0327. The third-order valence-electron chi connectivity index (χ3n) is 5.44. The second-order valence-electron chi connectivity index (χ2n) is 6.91. The van der Waals surface area contributed by atoms with E-state index in [1.807, 2.05) is 0 Å². The van der Waals surface area contributed by atoms with Crippen LogP contribution >= 0.6 is 0 Å². The van der Waals surface area contributed by atoms with Gasteiger partial charge in [-0.2, -0.15) is 0 Å². The van der Waals surface area contributed by atoms with Gasteiger partial charge in [-0.05, 0) is 44.2 Å². The Balaban J connectivity index is 1.47. The lowest BCUT2D eigenvalue weighted by Gasteiger charge is -2.29. The zero-order valence-corrected chi connectivity index (χ0v) is 12.8. The van der Waals surface area contributed by atoms with Crippen LogP contribution in [-0.2, 0) is 4.74 Å². The second kappa shape index (κ2) is 5.53. The first-order chi connectivity index (χ1) is 10.3. The molecule has 3 aliphatic rings. The molecule has 1 spiro atoms. The number of hydrogen-bond acceptors (Lipinski definition) is 3. The summed E-state index contributed by atoms with van der Waals surface area (Å²) in [5.74, 6) is 0. The van der Waals surface area contributed by atoms with E-state index in [9.17, 15) is 0 Å². The Morgan fingerprint density at radius 3 is 2.90 bits per heavy atom. The van der Waals surface area contributed by atoms with E-state index in [1.54, 1.807) is 0 Å². The number of hydrogen-bond donors (Lipinski definition) is 1. The molecule has 1 aromatic carbocycles. The van der Waals surface area contributed by atoms with Crippen molar-refractivity contribution in [2.24, 2.45) is 0 Å². The first kappa shape index (κ1) is 13.4. The van der Waals surface area contributed by atoms with Crippen molar-refractivity contribution in [2.75, 3.05) is 29.9 Å². The van der Waals surface area contributed by atoms with Crippen molar-refractivity contribution in [1.29, 1.82) is 0 Å². The predicted octanol–water partition coefficient (Wildman–Crippen LogP) is 3.80. The predicted molar refractivity (Wildman–Crippen MR) is 87.1 cm³/mol. The molecule has 21 heavy (non-hydrogen) atoms. The monoisotopic (exact) mass is 286 g/mol. The Bertz CT molecular complexity index is 496. The number of ether oxygens (including phenoxy) is 1. The number of anilines is 2. The van der Waals surface area contributed by atoms with Crippen molar-refractivity contribution < 1.29 is 4.74 Å². The Labute approximate surface area is 127 Å². The summed E-state index contributed by atoms with van der Waals surface area (Å²) in [6.07, 6.45) is 9.47. The standard InChI is InChI=1S/C18H26N2O/c1-2-7-17-16(6-1)19-12-5-13-20(17)14-15-8-11-18(21-15)9-3-4-10-18/h1-2,6-7,15,19H,3-5,8-14H2. The normalized spacial score (nSPS) is 27.4. The van der Waals surface area contributed by atoms with Crippen LogP contribution in [0, 0.1) is 0 Å². The Morgan fingerprint density at radius 2 is 2.00 bits per heavy atom. The highest BCUT2D eigenvalue weighted by Gasteiger charge is 2.42. The van der Waals surface area contributed by atoms with E-state index in [0.29, 0.717) is 6.10 Å². The first-order valence-electron chi connectivity index (χ1n) is 8.60. The molecule has 1 N–H and O–H groups in total. The van der Waals surface area contributed by atoms with Crippen LogP contribution in [-0.4, -0.2) is 31.3 Å².